The molecule has 0 saturated carbocycles. The van der Waals surface area contributed by atoms with Crippen molar-refractivity contribution in [3.63, 3.8) is 0 Å². The van der Waals surface area contributed by atoms with E-state index >= 15 is 0 Å². The van der Waals surface area contributed by atoms with E-state index in [1.54, 1.807) is 20.1 Å². The van der Waals surface area contributed by atoms with Crippen LogP contribution >= 0.6 is 0 Å². The Morgan fingerprint density at radius 1 is 1.20 bits per heavy atom. The Kier molecular flexibility index (Phi) is 2.70. The number of nitrogens with zero attached hydrogens (tertiary/aromatic N) is 2. The number of rotatable bonds is 1. The third-order valence-corrected chi connectivity index (χ3v) is 3.47. The molecule has 0 spiro atoms. The summed E-state index contributed by atoms with van der Waals surface area (Å²) in [7, 11) is 0. The van der Waals surface area contributed by atoms with Crippen molar-refractivity contribution in [1.29, 1.82) is 0 Å². The molecule has 104 valence electrons. The lowest BCUT2D eigenvalue weighted by atomic mass is 9.93. The molecule has 1 aromatic carbocycles. The summed E-state index contributed by atoms with van der Waals surface area (Å²) < 4.78 is 39.0. The fraction of sp³-hybridized carbons (Fsp3) is 0.286. The van der Waals surface area contributed by atoms with Crippen molar-refractivity contribution in [2.75, 3.05) is 0 Å². The van der Waals surface area contributed by atoms with E-state index in [-0.39, 0.29) is 0 Å². The summed E-state index contributed by atoms with van der Waals surface area (Å²) in [4.78, 5) is 4.08. The van der Waals surface area contributed by atoms with Crippen molar-refractivity contribution in [2.45, 2.75) is 26.6 Å². The molecule has 0 saturated heterocycles. The Balaban J connectivity index is 2.30. The summed E-state index contributed by atoms with van der Waals surface area (Å²) in [5.41, 5.74) is 3.42. The molecule has 0 atom stereocenters. The second-order valence-electron chi connectivity index (χ2n) is 4.87. The third kappa shape index (κ3) is 1.92. The zero-order valence-corrected chi connectivity index (χ0v) is 11.0. The highest BCUT2D eigenvalue weighted by Gasteiger charge is 2.33. The van der Waals surface area contributed by atoms with Crippen molar-refractivity contribution >= 4 is 6.21 Å². The molecule has 0 aliphatic carbocycles. The van der Waals surface area contributed by atoms with Gasteiger partial charge in [-0.05, 0) is 37.1 Å². The molecule has 0 amide bonds. The molecule has 0 unspecified atom stereocenters. The summed E-state index contributed by atoms with van der Waals surface area (Å²) in [5.74, 6) is 0. The molecule has 2 heterocycles. The maximum Gasteiger partial charge on any atom is 0.416 e. The van der Waals surface area contributed by atoms with E-state index in [0.717, 1.165) is 16.8 Å². The molecule has 2 aromatic rings. The van der Waals surface area contributed by atoms with Crippen LogP contribution in [0.4, 0.5) is 13.2 Å². The minimum atomic E-state index is -4.36. The molecular formula is C14H12F3N3. The highest BCUT2D eigenvalue weighted by Crippen LogP contribution is 2.38. The van der Waals surface area contributed by atoms with E-state index in [2.05, 4.69) is 15.2 Å². The van der Waals surface area contributed by atoms with Gasteiger partial charge < -0.3 is 0 Å². The monoisotopic (exact) mass is 279 g/mol. The van der Waals surface area contributed by atoms with Crippen LogP contribution in [0.15, 0.2) is 17.1 Å². The van der Waals surface area contributed by atoms with Crippen LogP contribution < -0.4 is 0 Å². The molecule has 1 aliphatic heterocycles. The van der Waals surface area contributed by atoms with E-state index in [0.29, 0.717) is 23.4 Å². The van der Waals surface area contributed by atoms with Gasteiger partial charge in [-0.1, -0.05) is 0 Å². The Bertz CT molecular complexity index is 692. The van der Waals surface area contributed by atoms with Crippen LogP contribution in [-0.2, 0) is 12.7 Å². The number of hydrogen-bond donors (Lipinski definition) is 1. The third-order valence-electron chi connectivity index (χ3n) is 3.47. The highest BCUT2D eigenvalue weighted by atomic mass is 19.4. The topological polar surface area (TPSA) is 41.0 Å². The van der Waals surface area contributed by atoms with E-state index in [9.17, 15) is 13.2 Å². The lowest BCUT2D eigenvalue weighted by molar-refractivity contribution is -0.137. The first kappa shape index (κ1) is 12.9. The lowest BCUT2D eigenvalue weighted by Crippen LogP contribution is -2.07. The molecule has 1 N–H and O–H groups in total. The molecule has 6 heteroatoms. The van der Waals surface area contributed by atoms with Gasteiger partial charge in [-0.2, -0.15) is 18.3 Å². The normalized spacial score (nSPS) is 13.8. The predicted molar refractivity (Wildman–Crippen MR) is 69.8 cm³/mol. The number of aromatic nitrogens is 2. The predicted octanol–water partition coefficient (Wildman–Crippen LogP) is 3.64. The number of alkyl halides is 3. The Morgan fingerprint density at radius 3 is 2.55 bits per heavy atom. The quantitative estimate of drug-likeness (QED) is 0.850. The summed E-state index contributed by atoms with van der Waals surface area (Å²) in [6.45, 7) is 3.87. The van der Waals surface area contributed by atoms with Gasteiger partial charge in [0.05, 0.1) is 17.8 Å². The number of hydrogen-bond acceptors (Lipinski definition) is 2. The SMILES string of the molecule is Cc1n[nH]c(C)c1-c1cc(C(F)(F)F)cc2c1C=NC2. The lowest BCUT2D eigenvalue weighted by Gasteiger charge is -2.13. The molecule has 1 aliphatic rings. The van der Waals surface area contributed by atoms with Gasteiger partial charge >= 0.3 is 6.18 Å². The van der Waals surface area contributed by atoms with Gasteiger partial charge in [0.1, 0.15) is 0 Å². The van der Waals surface area contributed by atoms with Gasteiger partial charge in [-0.15, -0.1) is 0 Å². The number of H-pyrrole nitrogens is 1. The first-order chi connectivity index (χ1) is 9.38. The van der Waals surface area contributed by atoms with Crippen LogP contribution in [0.2, 0.25) is 0 Å². The average Bonchev–Trinajstić information content (AvgIpc) is 2.94. The number of halogens is 3. The van der Waals surface area contributed by atoms with Crippen molar-refractivity contribution in [1.82, 2.24) is 10.2 Å². The zero-order chi connectivity index (χ0) is 14.5. The van der Waals surface area contributed by atoms with Crippen LogP contribution in [0.1, 0.15) is 28.1 Å². The summed E-state index contributed by atoms with van der Waals surface area (Å²) in [6.07, 6.45) is -2.73. The number of benzene rings is 1. The first-order valence-corrected chi connectivity index (χ1v) is 6.14. The van der Waals surface area contributed by atoms with Crippen molar-refractivity contribution in [3.05, 3.63) is 40.2 Å². The maximum absolute atomic E-state index is 13.0. The number of aliphatic imine (C=N–C) groups is 1. The Morgan fingerprint density at radius 2 is 1.95 bits per heavy atom. The molecule has 1 aromatic heterocycles. The first-order valence-electron chi connectivity index (χ1n) is 6.14. The standard InChI is InChI=1S/C14H12F3N3/c1-7-13(8(2)20-19-7)11-4-10(14(15,16)17)3-9-5-18-6-12(9)11/h3-4,6H,5H2,1-2H3,(H,19,20). The average molecular weight is 279 g/mol. The maximum atomic E-state index is 13.0. The number of nitrogens with one attached hydrogen (secondary N) is 1. The molecule has 0 bridgehead atoms. The van der Waals surface area contributed by atoms with E-state index in [1.165, 1.54) is 12.1 Å². The van der Waals surface area contributed by atoms with Crippen molar-refractivity contribution in [3.8, 4) is 11.1 Å². The molecule has 3 nitrogen and oxygen atoms in total. The molecular weight excluding hydrogens is 267 g/mol. The molecule has 0 radical (unpaired) electrons. The van der Waals surface area contributed by atoms with Crippen LogP contribution in [0.25, 0.3) is 11.1 Å². The summed E-state index contributed by atoms with van der Waals surface area (Å²) in [6, 6.07) is 2.36. The Hall–Kier alpha value is -2.11. The molecule has 0 fully saturated rings. The minimum Gasteiger partial charge on any atom is -0.288 e. The van der Waals surface area contributed by atoms with Crippen molar-refractivity contribution < 1.29 is 13.2 Å². The van der Waals surface area contributed by atoms with Gasteiger partial charge in [0.2, 0.25) is 0 Å². The van der Waals surface area contributed by atoms with Crippen LogP contribution in [-0.4, -0.2) is 16.4 Å². The second kappa shape index (κ2) is 4.19. The van der Waals surface area contributed by atoms with Gasteiger partial charge in [-0.3, -0.25) is 10.1 Å². The fourth-order valence-corrected chi connectivity index (χ4v) is 2.55. The van der Waals surface area contributed by atoms with Gasteiger partial charge in [-0.25, -0.2) is 0 Å². The van der Waals surface area contributed by atoms with Gasteiger partial charge in [0, 0.05) is 23.0 Å². The number of aromatic amines is 1. The minimum absolute atomic E-state index is 0.294. The van der Waals surface area contributed by atoms with Gasteiger partial charge in [0.25, 0.3) is 0 Å². The van der Waals surface area contributed by atoms with E-state index in [1.807, 2.05) is 0 Å². The smallest absolute Gasteiger partial charge is 0.288 e. The van der Waals surface area contributed by atoms with E-state index in [4.69, 9.17) is 0 Å². The fourth-order valence-electron chi connectivity index (χ4n) is 2.55. The molecule has 3 rings (SSSR count). The van der Waals surface area contributed by atoms with Gasteiger partial charge in [0.15, 0.2) is 0 Å². The zero-order valence-electron chi connectivity index (χ0n) is 11.0. The summed E-state index contributed by atoms with van der Waals surface area (Å²) in [5, 5.41) is 6.87. The summed E-state index contributed by atoms with van der Waals surface area (Å²) >= 11 is 0. The molecule has 20 heavy (non-hydrogen) atoms. The van der Waals surface area contributed by atoms with Crippen LogP contribution in [0.3, 0.4) is 0 Å². The number of aryl methyl sites for hydroxylation is 2. The second-order valence-corrected chi connectivity index (χ2v) is 4.87. The number of fused-ring (bicyclic) bond motifs is 1. The largest absolute Gasteiger partial charge is 0.416 e. The Labute approximate surface area is 113 Å². The van der Waals surface area contributed by atoms with Crippen molar-refractivity contribution in [2.24, 2.45) is 4.99 Å². The highest BCUT2D eigenvalue weighted by molar-refractivity contribution is 5.95. The van der Waals surface area contributed by atoms with Crippen LogP contribution in [0, 0.1) is 13.8 Å². The van der Waals surface area contributed by atoms with Crippen LogP contribution in [0.5, 0.6) is 0 Å². The van der Waals surface area contributed by atoms with E-state index < -0.39 is 11.7 Å².